The van der Waals surface area contributed by atoms with E-state index in [0.29, 0.717) is 38.6 Å². The number of rotatable bonds is 11. The van der Waals surface area contributed by atoms with E-state index < -0.39 is 0 Å². The second-order valence-electron chi connectivity index (χ2n) is 9.49. The molecule has 0 aliphatic carbocycles. The van der Waals surface area contributed by atoms with Gasteiger partial charge in [0.2, 0.25) is 5.91 Å². The number of ether oxygens (including phenoxy) is 1. The highest BCUT2D eigenvalue weighted by Gasteiger charge is 2.21. The van der Waals surface area contributed by atoms with Crippen molar-refractivity contribution in [1.82, 2.24) is 9.47 Å². The molecule has 2 rings (SSSR count). The molecule has 1 atom stereocenters. The van der Waals surface area contributed by atoms with Gasteiger partial charge >= 0.3 is 0 Å². The number of halogens is 1. The minimum atomic E-state index is -0.231. The van der Waals surface area contributed by atoms with Crippen molar-refractivity contribution in [2.45, 2.75) is 60.0 Å². The molecule has 1 unspecified atom stereocenters. The van der Waals surface area contributed by atoms with Crippen LogP contribution in [0.25, 0.3) is 0 Å². The summed E-state index contributed by atoms with van der Waals surface area (Å²) in [6, 6.07) is 10.6. The van der Waals surface area contributed by atoms with Gasteiger partial charge in [-0.3, -0.25) is 4.79 Å². The zero-order valence-electron chi connectivity index (χ0n) is 19.2. The Hall–Kier alpha value is -2.14. The Labute approximate surface area is 181 Å². The number of methoxy groups -OCH3 is 1. The third kappa shape index (κ3) is 8.31. The van der Waals surface area contributed by atoms with Crippen molar-refractivity contribution in [3.8, 4) is 0 Å². The summed E-state index contributed by atoms with van der Waals surface area (Å²) in [6.45, 7) is 11.3. The lowest BCUT2D eigenvalue weighted by atomic mass is 9.84. The fourth-order valence-electron chi connectivity index (χ4n) is 3.97. The van der Waals surface area contributed by atoms with Crippen LogP contribution in [-0.4, -0.2) is 35.6 Å². The topological polar surface area (TPSA) is 34.5 Å². The van der Waals surface area contributed by atoms with Crippen molar-refractivity contribution in [1.29, 1.82) is 0 Å². The summed E-state index contributed by atoms with van der Waals surface area (Å²) in [4.78, 5) is 15.1. The van der Waals surface area contributed by atoms with Crippen molar-refractivity contribution < 1.29 is 13.9 Å². The number of benzene rings is 1. The fraction of sp³-hybridized carbons (Fsp3) is 0.560. The van der Waals surface area contributed by atoms with Crippen LogP contribution in [0.5, 0.6) is 0 Å². The molecule has 0 spiro atoms. The largest absolute Gasteiger partial charge is 0.385 e. The Balaban J connectivity index is 2.07. The molecule has 30 heavy (non-hydrogen) atoms. The Morgan fingerprint density at radius 3 is 2.53 bits per heavy atom. The summed E-state index contributed by atoms with van der Waals surface area (Å²) >= 11 is 0. The quantitative estimate of drug-likeness (QED) is 0.453. The van der Waals surface area contributed by atoms with Gasteiger partial charge in [-0.15, -0.1) is 0 Å². The Bertz CT molecular complexity index is 777. The number of aromatic nitrogens is 1. The van der Waals surface area contributed by atoms with E-state index in [2.05, 4.69) is 38.3 Å². The number of carbonyl (C=O) groups excluding carboxylic acids is 1. The summed E-state index contributed by atoms with van der Waals surface area (Å²) in [7, 11) is 1.69. The summed E-state index contributed by atoms with van der Waals surface area (Å²) in [5.74, 6) is 0.302. The first-order valence-corrected chi connectivity index (χ1v) is 10.8. The molecule has 1 aromatic heterocycles. The Morgan fingerprint density at radius 2 is 1.90 bits per heavy atom. The van der Waals surface area contributed by atoms with E-state index in [-0.39, 0.29) is 17.1 Å². The van der Waals surface area contributed by atoms with Crippen LogP contribution in [-0.2, 0) is 22.6 Å². The van der Waals surface area contributed by atoms with Crippen LogP contribution in [0.1, 0.15) is 58.2 Å². The van der Waals surface area contributed by atoms with Crippen LogP contribution < -0.4 is 0 Å². The van der Waals surface area contributed by atoms with Crippen molar-refractivity contribution in [2.75, 3.05) is 20.3 Å². The lowest BCUT2D eigenvalue weighted by Gasteiger charge is -2.27. The van der Waals surface area contributed by atoms with E-state index in [9.17, 15) is 9.18 Å². The highest BCUT2D eigenvalue weighted by Crippen LogP contribution is 2.26. The molecule has 2 aromatic rings. The van der Waals surface area contributed by atoms with E-state index in [1.807, 2.05) is 17.2 Å². The zero-order valence-corrected chi connectivity index (χ0v) is 19.2. The van der Waals surface area contributed by atoms with Crippen LogP contribution in [0.3, 0.4) is 0 Å². The van der Waals surface area contributed by atoms with Gasteiger partial charge in [0.25, 0.3) is 0 Å². The van der Waals surface area contributed by atoms with E-state index >= 15 is 0 Å². The number of hydrogen-bond acceptors (Lipinski definition) is 2. The lowest BCUT2D eigenvalue weighted by molar-refractivity contribution is -0.133. The van der Waals surface area contributed by atoms with Gasteiger partial charge in [-0.1, -0.05) is 39.8 Å². The molecule has 0 saturated heterocycles. The monoisotopic (exact) mass is 416 g/mol. The molecule has 1 amide bonds. The standard InChI is InChI=1S/C25H37FN2O2/c1-20(17-25(2,3)4)16-24(29)28(14-7-15-30-5)19-23-8-6-13-27(23)18-21-9-11-22(26)12-10-21/h6,8-13,20H,7,14-19H2,1-5H3. The lowest BCUT2D eigenvalue weighted by Crippen LogP contribution is -2.34. The molecule has 0 aliphatic heterocycles. The average Bonchev–Trinajstić information content (AvgIpc) is 3.08. The Kier molecular flexibility index (Phi) is 9.09. The second kappa shape index (κ2) is 11.3. The third-order valence-electron chi connectivity index (χ3n) is 5.16. The third-order valence-corrected chi connectivity index (χ3v) is 5.16. The summed E-state index contributed by atoms with van der Waals surface area (Å²) < 4.78 is 20.5. The maximum atomic E-state index is 13.2. The van der Waals surface area contributed by atoms with Crippen molar-refractivity contribution in [3.63, 3.8) is 0 Å². The molecule has 0 bridgehead atoms. The second-order valence-corrected chi connectivity index (χ2v) is 9.49. The minimum Gasteiger partial charge on any atom is -0.385 e. The molecular weight excluding hydrogens is 379 g/mol. The van der Waals surface area contributed by atoms with Crippen molar-refractivity contribution in [2.24, 2.45) is 11.3 Å². The molecule has 0 N–H and O–H groups in total. The molecule has 5 heteroatoms. The van der Waals surface area contributed by atoms with Gasteiger partial charge in [0.05, 0.1) is 6.54 Å². The number of carbonyl (C=O) groups is 1. The SMILES string of the molecule is COCCCN(Cc1cccn1Cc1ccc(F)cc1)C(=O)CC(C)CC(C)(C)C. The van der Waals surface area contributed by atoms with Gasteiger partial charge in [0, 0.05) is 45.1 Å². The van der Waals surface area contributed by atoms with Gasteiger partial charge in [0.15, 0.2) is 0 Å². The van der Waals surface area contributed by atoms with Gasteiger partial charge in [-0.05, 0) is 54.0 Å². The predicted molar refractivity (Wildman–Crippen MR) is 120 cm³/mol. The summed E-state index contributed by atoms with van der Waals surface area (Å²) in [6.07, 6.45) is 4.40. The molecule has 166 valence electrons. The molecular formula is C25H37FN2O2. The highest BCUT2D eigenvalue weighted by molar-refractivity contribution is 5.76. The van der Waals surface area contributed by atoms with E-state index in [4.69, 9.17) is 4.74 Å². The maximum Gasteiger partial charge on any atom is 0.223 e. The number of nitrogens with zero attached hydrogens (tertiary/aromatic N) is 2. The molecule has 0 aliphatic rings. The molecule has 4 nitrogen and oxygen atoms in total. The first-order chi connectivity index (χ1) is 14.2. The average molecular weight is 417 g/mol. The molecule has 1 heterocycles. The number of amides is 1. The fourth-order valence-corrected chi connectivity index (χ4v) is 3.97. The van der Waals surface area contributed by atoms with Crippen LogP contribution in [0.15, 0.2) is 42.6 Å². The molecule has 1 aromatic carbocycles. The van der Waals surface area contributed by atoms with E-state index in [0.717, 1.165) is 24.1 Å². The molecule has 0 fully saturated rings. The predicted octanol–water partition coefficient (Wildman–Crippen LogP) is 5.50. The van der Waals surface area contributed by atoms with Gasteiger partial charge in [0.1, 0.15) is 5.82 Å². The van der Waals surface area contributed by atoms with Crippen molar-refractivity contribution in [3.05, 3.63) is 59.7 Å². The zero-order chi connectivity index (χ0) is 22.1. The first-order valence-electron chi connectivity index (χ1n) is 10.8. The van der Waals surface area contributed by atoms with E-state index in [1.54, 1.807) is 19.2 Å². The van der Waals surface area contributed by atoms with Crippen LogP contribution in [0, 0.1) is 17.2 Å². The highest BCUT2D eigenvalue weighted by atomic mass is 19.1. The molecule has 0 radical (unpaired) electrons. The van der Waals surface area contributed by atoms with Gasteiger partial charge < -0.3 is 14.2 Å². The maximum absolute atomic E-state index is 13.2. The van der Waals surface area contributed by atoms with E-state index in [1.165, 1.54) is 12.1 Å². The van der Waals surface area contributed by atoms with Gasteiger partial charge in [-0.25, -0.2) is 4.39 Å². The van der Waals surface area contributed by atoms with Gasteiger partial charge in [-0.2, -0.15) is 0 Å². The van der Waals surface area contributed by atoms with Crippen molar-refractivity contribution >= 4 is 5.91 Å². The van der Waals surface area contributed by atoms with Crippen LogP contribution in [0.4, 0.5) is 4.39 Å². The normalized spacial score (nSPS) is 12.7. The Morgan fingerprint density at radius 1 is 1.20 bits per heavy atom. The minimum absolute atomic E-state index is 0.192. The number of hydrogen-bond donors (Lipinski definition) is 0. The summed E-state index contributed by atoms with van der Waals surface area (Å²) in [5, 5.41) is 0. The molecule has 0 saturated carbocycles. The van der Waals surface area contributed by atoms with Crippen LogP contribution in [0.2, 0.25) is 0 Å². The summed E-state index contributed by atoms with van der Waals surface area (Å²) in [5.41, 5.74) is 2.32. The smallest absolute Gasteiger partial charge is 0.223 e. The van der Waals surface area contributed by atoms with Crippen LogP contribution >= 0.6 is 0 Å². The first kappa shape index (κ1) is 24.1.